The maximum Gasteiger partial charge on any atom is 0.207 e. The summed E-state index contributed by atoms with van der Waals surface area (Å²) in [5.41, 5.74) is 1.26. The van der Waals surface area contributed by atoms with E-state index in [1.165, 1.54) is 6.07 Å². The molecule has 0 aliphatic carbocycles. The first-order valence-electron chi connectivity index (χ1n) is 5.47. The van der Waals surface area contributed by atoms with Crippen LogP contribution in [-0.2, 0) is 6.54 Å². The maximum absolute atomic E-state index is 13.6. The summed E-state index contributed by atoms with van der Waals surface area (Å²) in [5, 5.41) is 2.99. The van der Waals surface area contributed by atoms with Crippen molar-refractivity contribution >= 4 is 27.6 Å². The average Bonchev–Trinajstić information content (AvgIpc) is 2.65. The molecule has 0 bridgehead atoms. The van der Waals surface area contributed by atoms with Crippen LogP contribution in [0.15, 0.2) is 41.5 Å². The maximum atomic E-state index is 13.6. The van der Waals surface area contributed by atoms with Crippen molar-refractivity contribution in [3.05, 3.63) is 53.0 Å². The molecule has 0 spiro atoms. The van der Waals surface area contributed by atoms with Gasteiger partial charge in [0.15, 0.2) is 0 Å². The topological polar surface area (TPSA) is 29.9 Å². The predicted octanol–water partition coefficient (Wildman–Crippen LogP) is 4.02. The van der Waals surface area contributed by atoms with Crippen LogP contribution in [-0.4, -0.2) is 9.55 Å². The van der Waals surface area contributed by atoms with E-state index in [1.807, 2.05) is 17.7 Å². The first-order chi connectivity index (χ1) is 8.60. The van der Waals surface area contributed by atoms with Gasteiger partial charge in [-0.2, -0.15) is 0 Å². The Balaban J connectivity index is 2.33. The molecule has 0 unspecified atom stereocenters. The first kappa shape index (κ1) is 12.8. The summed E-state index contributed by atoms with van der Waals surface area (Å²) in [4.78, 5) is 4.32. The molecule has 0 aliphatic heterocycles. The second-order valence-electron chi connectivity index (χ2n) is 3.90. The van der Waals surface area contributed by atoms with Crippen molar-refractivity contribution in [3.8, 4) is 0 Å². The monoisotopic (exact) mass is 309 g/mol. The number of aromatic nitrogens is 2. The van der Waals surface area contributed by atoms with E-state index in [-0.39, 0.29) is 5.82 Å². The van der Waals surface area contributed by atoms with E-state index >= 15 is 0 Å². The molecule has 0 atom stereocenters. The molecule has 5 heteroatoms. The first-order valence-corrected chi connectivity index (χ1v) is 6.26. The molecule has 94 valence electrons. The number of aryl methyl sites for hydroxylation is 1. The molecule has 0 amide bonds. The third-order valence-corrected chi connectivity index (χ3v) is 2.89. The van der Waals surface area contributed by atoms with Crippen molar-refractivity contribution < 1.29 is 4.39 Å². The standard InChI is InChI=1S/C13H13BrFN3/c1-3-6-18-8-9(2)16-13(18)17-12-7-10(14)4-5-11(12)15/h3-5,7-8H,1,6H2,2H3,(H,16,17). The van der Waals surface area contributed by atoms with Gasteiger partial charge in [-0.25, -0.2) is 9.37 Å². The Morgan fingerprint density at radius 2 is 2.33 bits per heavy atom. The van der Waals surface area contributed by atoms with Crippen molar-refractivity contribution in [2.75, 3.05) is 5.32 Å². The Morgan fingerprint density at radius 3 is 3.06 bits per heavy atom. The van der Waals surface area contributed by atoms with E-state index in [1.54, 1.807) is 18.2 Å². The molecule has 3 nitrogen and oxygen atoms in total. The van der Waals surface area contributed by atoms with Gasteiger partial charge < -0.3 is 9.88 Å². The molecule has 2 aromatic rings. The molecule has 1 N–H and O–H groups in total. The lowest BCUT2D eigenvalue weighted by Gasteiger charge is -2.09. The average molecular weight is 310 g/mol. The van der Waals surface area contributed by atoms with E-state index in [2.05, 4.69) is 32.8 Å². The highest BCUT2D eigenvalue weighted by molar-refractivity contribution is 9.10. The predicted molar refractivity (Wildman–Crippen MR) is 74.5 cm³/mol. The van der Waals surface area contributed by atoms with Crippen LogP contribution in [0.5, 0.6) is 0 Å². The molecule has 1 aromatic carbocycles. The zero-order valence-electron chi connectivity index (χ0n) is 9.95. The Morgan fingerprint density at radius 1 is 1.56 bits per heavy atom. The van der Waals surface area contributed by atoms with Gasteiger partial charge in [0.25, 0.3) is 0 Å². The summed E-state index contributed by atoms with van der Waals surface area (Å²) < 4.78 is 16.3. The van der Waals surface area contributed by atoms with Gasteiger partial charge in [-0.15, -0.1) is 6.58 Å². The summed E-state index contributed by atoms with van der Waals surface area (Å²) in [6.07, 6.45) is 3.66. The van der Waals surface area contributed by atoms with Gasteiger partial charge in [0.2, 0.25) is 5.95 Å². The molecule has 0 saturated carbocycles. The summed E-state index contributed by atoms with van der Waals surface area (Å²) >= 11 is 3.31. The van der Waals surface area contributed by atoms with Crippen LogP contribution in [0.1, 0.15) is 5.69 Å². The largest absolute Gasteiger partial charge is 0.323 e. The summed E-state index contributed by atoms with van der Waals surface area (Å²) in [6.45, 7) is 6.20. The van der Waals surface area contributed by atoms with E-state index in [4.69, 9.17) is 0 Å². The van der Waals surface area contributed by atoms with Crippen molar-refractivity contribution in [2.45, 2.75) is 13.5 Å². The molecule has 1 heterocycles. The Hall–Kier alpha value is -1.62. The van der Waals surface area contributed by atoms with Gasteiger partial charge >= 0.3 is 0 Å². The third-order valence-electron chi connectivity index (χ3n) is 2.40. The van der Waals surface area contributed by atoms with Crippen molar-refractivity contribution in [1.82, 2.24) is 9.55 Å². The molecular formula is C13H13BrFN3. The lowest BCUT2D eigenvalue weighted by atomic mass is 10.3. The van der Waals surface area contributed by atoms with Crippen molar-refractivity contribution in [2.24, 2.45) is 0 Å². The minimum atomic E-state index is -0.316. The van der Waals surface area contributed by atoms with Crippen molar-refractivity contribution in [3.63, 3.8) is 0 Å². The molecular weight excluding hydrogens is 297 g/mol. The number of allylic oxidation sites excluding steroid dienone is 1. The highest BCUT2D eigenvalue weighted by Gasteiger charge is 2.08. The van der Waals surface area contributed by atoms with Gasteiger partial charge in [0.05, 0.1) is 11.4 Å². The summed E-state index contributed by atoms with van der Waals surface area (Å²) in [7, 11) is 0. The van der Waals surface area contributed by atoms with E-state index < -0.39 is 0 Å². The quantitative estimate of drug-likeness (QED) is 0.864. The molecule has 0 saturated heterocycles. The number of benzene rings is 1. The third kappa shape index (κ3) is 2.79. The highest BCUT2D eigenvalue weighted by atomic mass is 79.9. The zero-order chi connectivity index (χ0) is 13.1. The number of hydrogen-bond donors (Lipinski definition) is 1. The number of hydrogen-bond acceptors (Lipinski definition) is 2. The fourth-order valence-corrected chi connectivity index (χ4v) is 2.00. The number of imidazole rings is 1. The zero-order valence-corrected chi connectivity index (χ0v) is 11.5. The number of halogens is 2. The Bertz CT molecular complexity index is 578. The van der Waals surface area contributed by atoms with E-state index in [9.17, 15) is 4.39 Å². The lowest BCUT2D eigenvalue weighted by molar-refractivity contribution is 0.631. The minimum Gasteiger partial charge on any atom is -0.323 e. The summed E-state index contributed by atoms with van der Waals surface area (Å²) in [5.74, 6) is 0.286. The van der Waals surface area contributed by atoms with Crippen LogP contribution in [0.3, 0.4) is 0 Å². The Labute approximate surface area is 113 Å². The number of nitrogens with zero attached hydrogens (tertiary/aromatic N) is 2. The van der Waals surface area contributed by atoms with Crippen LogP contribution in [0, 0.1) is 12.7 Å². The van der Waals surface area contributed by atoms with Crippen LogP contribution in [0.4, 0.5) is 16.0 Å². The lowest BCUT2D eigenvalue weighted by Crippen LogP contribution is -2.03. The van der Waals surface area contributed by atoms with Crippen LogP contribution in [0.2, 0.25) is 0 Å². The van der Waals surface area contributed by atoms with E-state index in [0.29, 0.717) is 18.2 Å². The SMILES string of the molecule is C=CCn1cc(C)nc1Nc1cc(Br)ccc1F. The molecule has 0 fully saturated rings. The smallest absolute Gasteiger partial charge is 0.207 e. The minimum absolute atomic E-state index is 0.316. The van der Waals surface area contributed by atoms with Gasteiger partial charge in [0.1, 0.15) is 5.82 Å². The highest BCUT2D eigenvalue weighted by Crippen LogP contribution is 2.23. The van der Waals surface area contributed by atoms with Crippen LogP contribution < -0.4 is 5.32 Å². The molecule has 18 heavy (non-hydrogen) atoms. The second kappa shape index (κ2) is 5.35. The fraction of sp³-hybridized carbons (Fsp3) is 0.154. The number of rotatable bonds is 4. The van der Waals surface area contributed by atoms with Crippen LogP contribution in [0.25, 0.3) is 0 Å². The van der Waals surface area contributed by atoms with Gasteiger partial charge in [-0.05, 0) is 25.1 Å². The van der Waals surface area contributed by atoms with Crippen molar-refractivity contribution in [1.29, 1.82) is 0 Å². The van der Waals surface area contributed by atoms with Gasteiger partial charge in [0, 0.05) is 17.2 Å². The number of anilines is 2. The second-order valence-corrected chi connectivity index (χ2v) is 4.81. The molecule has 1 aromatic heterocycles. The fourth-order valence-electron chi connectivity index (χ4n) is 1.64. The molecule has 0 aliphatic rings. The molecule has 0 radical (unpaired) electrons. The summed E-state index contributed by atoms with van der Waals surface area (Å²) in [6, 6.07) is 4.74. The normalized spacial score (nSPS) is 10.4. The van der Waals surface area contributed by atoms with Gasteiger partial charge in [-0.3, -0.25) is 0 Å². The van der Waals surface area contributed by atoms with Crippen LogP contribution >= 0.6 is 15.9 Å². The number of nitrogens with one attached hydrogen (secondary N) is 1. The van der Waals surface area contributed by atoms with E-state index in [0.717, 1.165) is 10.2 Å². The Kier molecular flexibility index (Phi) is 3.81. The van der Waals surface area contributed by atoms with Gasteiger partial charge in [-0.1, -0.05) is 22.0 Å². The molecule has 2 rings (SSSR count).